The van der Waals surface area contributed by atoms with Crippen LogP contribution >= 0.6 is 64.8 Å². The molecule has 0 bridgehead atoms. The van der Waals surface area contributed by atoms with E-state index in [9.17, 15) is 29.1 Å². The summed E-state index contributed by atoms with van der Waals surface area (Å²) < 4.78 is 0.0674. The Balaban J connectivity index is 1.39. The van der Waals surface area contributed by atoms with Crippen molar-refractivity contribution in [2.24, 2.45) is 5.92 Å². The fraction of sp³-hybridized carbons (Fsp3) is 0.833. The maximum Gasteiger partial charge on any atom is 0.306 e. The average molecular weight is 713 g/mol. The summed E-state index contributed by atoms with van der Waals surface area (Å²) in [5.74, 6) is -2.01. The number of hydrogen-bond donors (Lipinski definition) is 2. The third-order valence-corrected chi connectivity index (χ3v) is 21.2. The molecule has 2 N–H and O–H groups in total. The van der Waals surface area contributed by atoms with Gasteiger partial charge < -0.3 is 10.2 Å². The summed E-state index contributed by atoms with van der Waals surface area (Å²) in [5.41, 5.74) is 0. The summed E-state index contributed by atoms with van der Waals surface area (Å²) in [6, 6.07) is 0. The van der Waals surface area contributed by atoms with E-state index < -0.39 is 17.9 Å². The summed E-state index contributed by atoms with van der Waals surface area (Å²) in [7, 11) is 10.4. The van der Waals surface area contributed by atoms with Gasteiger partial charge in [-0.05, 0) is 68.9 Å². The molecule has 2 rings (SSSR count). The van der Waals surface area contributed by atoms with E-state index in [1.165, 1.54) is 38.5 Å². The Morgan fingerprint density at radius 2 is 1.00 bits per heavy atom. The van der Waals surface area contributed by atoms with Crippen LogP contribution in [0.15, 0.2) is 0 Å². The minimum atomic E-state index is -0.914. The van der Waals surface area contributed by atoms with Crippen LogP contribution in [0.4, 0.5) is 0 Å². The van der Waals surface area contributed by atoms with Crippen LogP contribution in [0.2, 0.25) is 0 Å². The van der Waals surface area contributed by atoms with Crippen LogP contribution in [0.1, 0.15) is 141 Å². The molecule has 0 amide bonds. The molecule has 2 aliphatic rings. The summed E-state index contributed by atoms with van der Waals surface area (Å²) in [5, 5.41) is 18.2. The van der Waals surface area contributed by atoms with E-state index in [1.807, 2.05) is 21.6 Å². The van der Waals surface area contributed by atoms with Crippen molar-refractivity contribution in [1.82, 2.24) is 0 Å². The molecule has 1 atom stereocenters. The first-order valence-electron chi connectivity index (χ1n) is 15.8. The van der Waals surface area contributed by atoms with Crippen LogP contribution in [-0.2, 0) is 24.0 Å². The second-order valence-corrected chi connectivity index (χ2v) is 20.8. The maximum absolute atomic E-state index is 12.4. The molecule has 2 fully saturated rings. The maximum atomic E-state index is 12.4. The Morgan fingerprint density at radius 1 is 0.535 bits per heavy atom. The lowest BCUT2D eigenvalue weighted by Gasteiger charge is -2.22. The molecule has 0 saturated carbocycles. The molecule has 7 nitrogen and oxygen atoms in total. The van der Waals surface area contributed by atoms with Crippen molar-refractivity contribution in [3.05, 3.63) is 0 Å². The Hall–Kier alpha value is 0.0500. The molecule has 0 aromatic heterocycles. The Morgan fingerprint density at radius 3 is 1.49 bits per heavy atom. The molecule has 2 heterocycles. The van der Waals surface area contributed by atoms with Gasteiger partial charge in [-0.3, -0.25) is 24.0 Å². The van der Waals surface area contributed by atoms with Crippen LogP contribution in [0.5, 0.6) is 0 Å². The van der Waals surface area contributed by atoms with Crippen molar-refractivity contribution in [3.63, 3.8) is 0 Å². The van der Waals surface area contributed by atoms with Crippen LogP contribution in [-0.4, -0.2) is 46.8 Å². The van der Waals surface area contributed by atoms with Crippen molar-refractivity contribution in [2.45, 2.75) is 149 Å². The molecule has 2 saturated heterocycles. The number of ketones is 3. The van der Waals surface area contributed by atoms with E-state index in [4.69, 9.17) is 5.11 Å². The minimum absolute atomic E-state index is 0.0338. The molecule has 0 radical (unpaired) electrons. The van der Waals surface area contributed by atoms with Gasteiger partial charge in [0, 0.05) is 38.5 Å². The number of Topliss-reactive ketones (excluding diaryl/α,β-unsaturated/α-hetero) is 3. The normalized spacial score (nSPS) is 16.7. The van der Waals surface area contributed by atoms with E-state index in [1.54, 1.807) is 43.2 Å². The molecule has 0 aliphatic carbocycles. The highest BCUT2D eigenvalue weighted by Crippen LogP contribution is 2.84. The van der Waals surface area contributed by atoms with Gasteiger partial charge in [0.05, 0.1) is 5.92 Å². The zero-order valence-electron chi connectivity index (χ0n) is 25.1. The predicted octanol–water partition coefficient (Wildman–Crippen LogP) is 10.2. The number of rotatable bonds is 28. The van der Waals surface area contributed by atoms with Crippen molar-refractivity contribution in [3.8, 4) is 0 Å². The monoisotopic (exact) mass is 712 g/mol. The third-order valence-electron chi connectivity index (χ3n) is 7.54. The first-order valence-corrected chi connectivity index (χ1v) is 22.3. The molecule has 246 valence electrons. The van der Waals surface area contributed by atoms with Gasteiger partial charge in [0.2, 0.25) is 0 Å². The Kier molecular flexibility index (Phi) is 21.3. The standard InChI is InChI=1S/C30H48O7S6/c31-24(20-21-26(33)29-38-40-30(41-39-29)42-43-30)17-14-11-12-16-23(28(36)37)22-25(32)18-13-9-7-5-3-1-2-4-6-8-10-15-19-27(34)35/h23,29H,1-22H2,(H,34,35)(H,36,37)/t23-/m1/s1. The van der Waals surface area contributed by atoms with Gasteiger partial charge in [0.15, 0.2) is 8.53 Å². The highest BCUT2D eigenvalue weighted by atomic mass is 33.2. The molecular weight excluding hydrogens is 665 g/mol. The predicted molar refractivity (Wildman–Crippen MR) is 187 cm³/mol. The number of carbonyl (C=O) groups excluding carboxylic acids is 3. The van der Waals surface area contributed by atoms with Gasteiger partial charge in [0.1, 0.15) is 16.1 Å². The quantitative estimate of drug-likeness (QED) is 0.0454. The summed E-state index contributed by atoms with van der Waals surface area (Å²) in [4.78, 5) is 59.2. The lowest BCUT2D eigenvalue weighted by molar-refractivity contribution is -0.144. The minimum Gasteiger partial charge on any atom is -0.481 e. The SMILES string of the molecule is O=C(O)CCCCCCCCCCCCCCC(=O)C[C@@H](CCCCCC(=O)CCC(=O)C1SSC2(SS1)SS2)C(=O)O. The fourth-order valence-corrected chi connectivity index (χ4v) is 18.2. The van der Waals surface area contributed by atoms with Crippen molar-refractivity contribution < 1.29 is 34.2 Å². The number of carboxylic acids is 2. The van der Waals surface area contributed by atoms with Crippen LogP contribution in [0.3, 0.4) is 0 Å². The molecule has 2 aliphatic heterocycles. The lowest BCUT2D eigenvalue weighted by Crippen LogP contribution is -2.18. The number of aliphatic carboxylic acids is 2. The first-order chi connectivity index (χ1) is 20.7. The van der Waals surface area contributed by atoms with E-state index in [2.05, 4.69) is 0 Å². The van der Waals surface area contributed by atoms with Gasteiger partial charge in [-0.15, -0.1) is 0 Å². The first kappa shape index (κ1) is 39.2. The Bertz CT molecular complexity index is 873. The van der Waals surface area contributed by atoms with Gasteiger partial charge in [0.25, 0.3) is 0 Å². The molecule has 43 heavy (non-hydrogen) atoms. The summed E-state index contributed by atoms with van der Waals surface area (Å²) in [6.45, 7) is 0. The van der Waals surface area contributed by atoms with Crippen molar-refractivity contribution in [1.29, 1.82) is 0 Å². The highest BCUT2D eigenvalue weighted by Gasteiger charge is 2.53. The van der Waals surface area contributed by atoms with E-state index in [-0.39, 0.29) is 43.9 Å². The van der Waals surface area contributed by atoms with Crippen molar-refractivity contribution in [2.75, 3.05) is 0 Å². The van der Waals surface area contributed by atoms with Crippen LogP contribution in [0, 0.1) is 5.92 Å². The highest BCUT2D eigenvalue weighted by molar-refractivity contribution is 9.14. The largest absolute Gasteiger partial charge is 0.481 e. The number of carboxylic acid groups (broad SMARTS) is 2. The number of hydrogen-bond acceptors (Lipinski definition) is 11. The number of carbonyl (C=O) groups is 5. The molecule has 13 heteroatoms. The van der Waals surface area contributed by atoms with Gasteiger partial charge in [-0.1, -0.05) is 98.6 Å². The van der Waals surface area contributed by atoms with Crippen LogP contribution < -0.4 is 0 Å². The second kappa shape index (κ2) is 23.4. The number of unbranched alkanes of at least 4 members (excludes halogenated alkanes) is 13. The van der Waals surface area contributed by atoms with E-state index >= 15 is 0 Å². The smallest absolute Gasteiger partial charge is 0.306 e. The van der Waals surface area contributed by atoms with Crippen LogP contribution in [0.25, 0.3) is 0 Å². The van der Waals surface area contributed by atoms with E-state index in [0.29, 0.717) is 38.5 Å². The molecular formula is C30H48O7S6. The summed E-state index contributed by atoms with van der Waals surface area (Å²) >= 11 is 0. The molecule has 0 aromatic carbocycles. The average Bonchev–Trinajstić information content (AvgIpc) is 3.73. The molecule has 1 spiro atoms. The van der Waals surface area contributed by atoms with Crippen molar-refractivity contribution >= 4 is 94.1 Å². The zero-order chi connectivity index (χ0) is 31.3. The van der Waals surface area contributed by atoms with E-state index in [0.717, 1.165) is 44.9 Å². The zero-order valence-corrected chi connectivity index (χ0v) is 30.0. The van der Waals surface area contributed by atoms with Gasteiger partial charge in [-0.25, -0.2) is 0 Å². The van der Waals surface area contributed by atoms with Gasteiger partial charge in [-0.2, -0.15) is 0 Å². The second-order valence-electron chi connectivity index (χ2n) is 11.4. The summed E-state index contributed by atoms with van der Waals surface area (Å²) in [6.07, 6.45) is 17.4. The Labute approximate surface area is 281 Å². The third kappa shape index (κ3) is 19.3. The van der Waals surface area contributed by atoms with Gasteiger partial charge >= 0.3 is 11.9 Å². The molecule has 0 unspecified atom stereocenters. The molecule has 0 aromatic rings. The topological polar surface area (TPSA) is 126 Å². The lowest BCUT2D eigenvalue weighted by atomic mass is 9.93. The fourth-order valence-electron chi connectivity index (χ4n) is 4.88.